The van der Waals surface area contributed by atoms with Crippen LogP contribution < -0.4 is 5.73 Å². The molecule has 0 saturated carbocycles. The van der Waals surface area contributed by atoms with Crippen molar-refractivity contribution in [1.82, 2.24) is 0 Å². The van der Waals surface area contributed by atoms with Crippen LogP contribution in [0.1, 0.15) is 232 Å². The van der Waals surface area contributed by atoms with Gasteiger partial charge in [0.15, 0.2) is 6.10 Å². The summed E-state index contributed by atoms with van der Waals surface area (Å²) in [4.78, 5) is 35.3. The molecule has 10 heteroatoms. The smallest absolute Gasteiger partial charge is 0.462 e. The van der Waals surface area contributed by atoms with Crippen molar-refractivity contribution >= 4 is 19.8 Å². The van der Waals surface area contributed by atoms with E-state index in [0.29, 0.717) is 6.42 Å². The Morgan fingerprint density at radius 3 is 1.00 bits per heavy atom. The van der Waals surface area contributed by atoms with E-state index in [1.165, 1.54) is 57.8 Å². The maximum atomic E-state index is 12.7. The van der Waals surface area contributed by atoms with Gasteiger partial charge in [-0.1, -0.05) is 250 Å². The fourth-order valence-electron chi connectivity index (χ4n) is 7.82. The van der Waals surface area contributed by atoms with Gasteiger partial charge in [-0.2, -0.15) is 0 Å². The fourth-order valence-corrected chi connectivity index (χ4v) is 8.58. The van der Waals surface area contributed by atoms with Crippen molar-refractivity contribution in [2.24, 2.45) is 5.73 Å². The standard InChI is InChI=1S/C67H110NO8P/c1-3-5-7-9-11-13-15-17-19-21-23-25-27-29-30-31-32-33-34-36-38-40-42-44-46-48-50-52-54-56-58-60-67(70)76-65(64-75-77(71,72)74-62-61-68)63-73-66(69)59-57-55-53-51-49-47-45-43-41-39-37-35-28-26-24-22-20-18-16-14-12-10-8-6-4-2/h5-8,11-14,17-20,23-26,29-30,32-33,36,38,42,44,65H,3-4,9-10,15-16,21-22,27-28,31,34-35,37,39-41,43,45-64,68H2,1-2H3,(H,71,72)/b7-5-,8-6-,13-11-,14-12-,19-17-,20-18-,25-23-,26-24-,30-29-,33-32-,38-36-,44-42-. The Morgan fingerprint density at radius 1 is 0.390 bits per heavy atom. The molecule has 0 aromatic heterocycles. The quantitative estimate of drug-likeness (QED) is 0.0264. The summed E-state index contributed by atoms with van der Waals surface area (Å²) >= 11 is 0. The molecule has 0 aromatic rings. The van der Waals surface area contributed by atoms with Crippen molar-refractivity contribution in [3.8, 4) is 0 Å². The highest BCUT2D eigenvalue weighted by molar-refractivity contribution is 7.47. The third kappa shape index (κ3) is 61.0. The van der Waals surface area contributed by atoms with Gasteiger partial charge in [0.05, 0.1) is 13.2 Å². The number of ether oxygens (including phenoxy) is 2. The molecule has 0 saturated heterocycles. The average molecular weight is 1090 g/mol. The Kier molecular flexibility index (Phi) is 57.8. The van der Waals surface area contributed by atoms with Gasteiger partial charge in [0.25, 0.3) is 0 Å². The number of carbonyl (C=O) groups excluding carboxylic acids is 2. The molecule has 0 fully saturated rings. The second kappa shape index (κ2) is 61.1. The van der Waals surface area contributed by atoms with Gasteiger partial charge in [-0.05, 0) is 116 Å². The van der Waals surface area contributed by atoms with Gasteiger partial charge in [0, 0.05) is 19.4 Å². The van der Waals surface area contributed by atoms with Crippen molar-refractivity contribution in [2.45, 2.75) is 238 Å². The van der Waals surface area contributed by atoms with Crippen molar-refractivity contribution in [3.05, 3.63) is 146 Å². The van der Waals surface area contributed by atoms with Gasteiger partial charge in [-0.3, -0.25) is 18.6 Å². The second-order valence-corrected chi connectivity index (χ2v) is 20.9. The zero-order chi connectivity index (χ0) is 55.9. The number of allylic oxidation sites excluding steroid dienone is 24. The third-order valence-electron chi connectivity index (χ3n) is 12.2. The van der Waals surface area contributed by atoms with Crippen LogP contribution in [0.2, 0.25) is 0 Å². The number of phosphoric acid groups is 1. The Labute approximate surface area is 471 Å². The molecule has 0 rings (SSSR count). The number of esters is 2. The Bertz CT molecular complexity index is 1770. The van der Waals surface area contributed by atoms with E-state index in [1.54, 1.807) is 0 Å². The molecule has 9 nitrogen and oxygen atoms in total. The number of nitrogens with two attached hydrogens (primary N) is 1. The zero-order valence-electron chi connectivity index (χ0n) is 48.6. The van der Waals surface area contributed by atoms with Crippen molar-refractivity contribution < 1.29 is 37.6 Å². The molecule has 436 valence electrons. The lowest BCUT2D eigenvalue weighted by Crippen LogP contribution is -2.29. The monoisotopic (exact) mass is 1090 g/mol. The number of rotatable bonds is 55. The van der Waals surface area contributed by atoms with E-state index in [4.69, 9.17) is 24.3 Å². The highest BCUT2D eigenvalue weighted by Crippen LogP contribution is 2.43. The predicted octanol–water partition coefficient (Wildman–Crippen LogP) is 19.5. The van der Waals surface area contributed by atoms with E-state index in [-0.39, 0.29) is 32.6 Å². The van der Waals surface area contributed by atoms with Gasteiger partial charge >= 0.3 is 19.8 Å². The SMILES string of the molecule is CC/C=C\C/C=C\C/C=C\C/C=C\C/C=C\C/C=C\C/C=C\C/C=C\CCCCCCCCC(=O)OC(COC(=O)CCCCCCCCCCCCCC/C=C\C/C=C\C/C=C\C/C=C\CC)COP(=O)(O)OCCN. The first-order valence-corrected chi connectivity index (χ1v) is 31.8. The molecule has 3 N–H and O–H groups in total. The number of hydrogen-bond donors (Lipinski definition) is 2. The molecule has 0 spiro atoms. The lowest BCUT2D eigenvalue weighted by atomic mass is 10.0. The van der Waals surface area contributed by atoms with Crippen LogP contribution in [0, 0.1) is 0 Å². The largest absolute Gasteiger partial charge is 0.472 e. The highest BCUT2D eigenvalue weighted by atomic mass is 31.2. The summed E-state index contributed by atoms with van der Waals surface area (Å²) in [5.74, 6) is -0.855. The predicted molar refractivity (Wildman–Crippen MR) is 330 cm³/mol. The van der Waals surface area contributed by atoms with E-state index in [2.05, 4.69) is 160 Å². The van der Waals surface area contributed by atoms with Gasteiger partial charge < -0.3 is 20.1 Å². The maximum Gasteiger partial charge on any atom is 0.472 e. The van der Waals surface area contributed by atoms with Crippen LogP contribution in [-0.2, 0) is 32.7 Å². The van der Waals surface area contributed by atoms with Crippen LogP contribution in [0.5, 0.6) is 0 Å². The van der Waals surface area contributed by atoms with Crippen LogP contribution in [-0.4, -0.2) is 49.3 Å². The Balaban J connectivity index is 4.05. The minimum atomic E-state index is -4.41. The lowest BCUT2D eigenvalue weighted by molar-refractivity contribution is -0.161. The summed E-state index contributed by atoms with van der Waals surface area (Å²) in [6, 6.07) is 0. The summed E-state index contributed by atoms with van der Waals surface area (Å²) in [6.07, 6.45) is 87.5. The summed E-state index contributed by atoms with van der Waals surface area (Å²) in [6.45, 7) is 3.49. The number of phosphoric ester groups is 1. The van der Waals surface area contributed by atoms with Crippen LogP contribution in [0.25, 0.3) is 0 Å². The van der Waals surface area contributed by atoms with E-state index >= 15 is 0 Å². The maximum absolute atomic E-state index is 12.7. The molecule has 0 radical (unpaired) electrons. The summed E-state index contributed by atoms with van der Waals surface area (Å²) in [5, 5.41) is 0. The van der Waals surface area contributed by atoms with E-state index in [0.717, 1.165) is 141 Å². The molecule has 0 amide bonds. The summed E-state index contributed by atoms with van der Waals surface area (Å²) < 4.78 is 33.1. The van der Waals surface area contributed by atoms with E-state index < -0.39 is 32.5 Å². The average Bonchev–Trinajstić information content (AvgIpc) is 3.42. The topological polar surface area (TPSA) is 134 Å². The molecule has 0 bridgehead atoms. The second-order valence-electron chi connectivity index (χ2n) is 19.5. The first kappa shape index (κ1) is 72.9. The number of unbranched alkanes of at least 4 members (excludes halogenated alkanes) is 18. The van der Waals surface area contributed by atoms with Crippen molar-refractivity contribution in [1.29, 1.82) is 0 Å². The molecule has 2 unspecified atom stereocenters. The van der Waals surface area contributed by atoms with Crippen molar-refractivity contribution in [2.75, 3.05) is 26.4 Å². The first-order chi connectivity index (χ1) is 37.8. The minimum absolute atomic E-state index is 0.0427. The molecule has 0 aromatic carbocycles. The van der Waals surface area contributed by atoms with E-state index in [9.17, 15) is 19.0 Å². The number of carbonyl (C=O) groups is 2. The molecular weight excluding hydrogens is 978 g/mol. The molecule has 0 aliphatic heterocycles. The number of hydrogen-bond acceptors (Lipinski definition) is 8. The third-order valence-corrected chi connectivity index (χ3v) is 13.2. The minimum Gasteiger partial charge on any atom is -0.462 e. The van der Waals surface area contributed by atoms with Gasteiger partial charge in [0.2, 0.25) is 0 Å². The van der Waals surface area contributed by atoms with Crippen LogP contribution in [0.4, 0.5) is 0 Å². The van der Waals surface area contributed by atoms with Crippen molar-refractivity contribution in [3.63, 3.8) is 0 Å². The van der Waals surface area contributed by atoms with Crippen LogP contribution in [0.15, 0.2) is 146 Å². The Morgan fingerprint density at radius 2 is 0.675 bits per heavy atom. The highest BCUT2D eigenvalue weighted by Gasteiger charge is 2.26. The zero-order valence-corrected chi connectivity index (χ0v) is 49.5. The molecule has 2 atom stereocenters. The molecule has 0 heterocycles. The Hall–Kier alpha value is -4.11. The molecule has 77 heavy (non-hydrogen) atoms. The summed E-state index contributed by atoms with van der Waals surface area (Å²) in [7, 11) is -4.41. The fraction of sp³-hybridized carbons (Fsp3) is 0.612. The van der Waals surface area contributed by atoms with Gasteiger partial charge in [-0.15, -0.1) is 0 Å². The molecular formula is C67H110NO8P. The first-order valence-electron chi connectivity index (χ1n) is 30.3. The molecule has 0 aliphatic carbocycles. The lowest BCUT2D eigenvalue weighted by Gasteiger charge is -2.19. The van der Waals surface area contributed by atoms with Crippen LogP contribution in [0.3, 0.4) is 0 Å². The molecule has 0 aliphatic rings. The van der Waals surface area contributed by atoms with Gasteiger partial charge in [0.1, 0.15) is 6.61 Å². The van der Waals surface area contributed by atoms with Crippen LogP contribution >= 0.6 is 7.82 Å². The normalized spacial score (nSPS) is 14.1. The van der Waals surface area contributed by atoms with Gasteiger partial charge in [-0.25, -0.2) is 4.57 Å². The summed E-state index contributed by atoms with van der Waals surface area (Å²) in [5.41, 5.74) is 5.39. The van der Waals surface area contributed by atoms with E-state index in [1.807, 2.05) is 0 Å².